The Balaban J connectivity index is 2.20. The number of hydrogen-bond acceptors (Lipinski definition) is 3. The zero-order valence-corrected chi connectivity index (χ0v) is 8.77. The Morgan fingerprint density at radius 3 is 2.92 bits per heavy atom. The van der Waals surface area contributed by atoms with Crippen LogP contribution in [0.15, 0.2) is 0 Å². The summed E-state index contributed by atoms with van der Waals surface area (Å²) in [5.41, 5.74) is 5.96. The zero-order valence-electron chi connectivity index (χ0n) is 7.95. The van der Waals surface area contributed by atoms with Crippen LogP contribution >= 0.6 is 11.8 Å². The quantitative estimate of drug-likeness (QED) is 0.730. The molecule has 1 heterocycles. The Labute approximate surface area is 79.2 Å². The van der Waals surface area contributed by atoms with Crippen molar-refractivity contribution in [3.8, 4) is 0 Å². The molecule has 2 atom stereocenters. The van der Waals surface area contributed by atoms with Gasteiger partial charge in [0.05, 0.1) is 6.61 Å². The maximum atomic E-state index is 5.96. The number of hydrogen-bond donors (Lipinski definition) is 1. The maximum absolute atomic E-state index is 5.96. The van der Waals surface area contributed by atoms with Crippen molar-refractivity contribution in [2.24, 2.45) is 11.7 Å². The third-order valence-corrected chi connectivity index (χ3v) is 3.77. The van der Waals surface area contributed by atoms with E-state index in [0.717, 1.165) is 25.6 Å². The first kappa shape index (κ1) is 10.4. The minimum absolute atomic E-state index is 0.350. The molecule has 0 aromatic rings. The molecule has 1 aliphatic heterocycles. The molecule has 1 rings (SSSR count). The number of rotatable bonds is 3. The summed E-state index contributed by atoms with van der Waals surface area (Å²) in [4.78, 5) is 0. The summed E-state index contributed by atoms with van der Waals surface area (Å²) in [5.74, 6) is 1.95. The fraction of sp³-hybridized carbons (Fsp3) is 1.00. The smallest absolute Gasteiger partial charge is 0.0600 e. The van der Waals surface area contributed by atoms with Crippen LogP contribution in [0.1, 0.15) is 20.3 Å². The number of ether oxygens (including phenoxy) is 1. The average Bonchev–Trinajstić information content (AvgIpc) is 2.03. The first-order valence-corrected chi connectivity index (χ1v) is 5.70. The molecule has 0 aromatic carbocycles. The van der Waals surface area contributed by atoms with Gasteiger partial charge < -0.3 is 10.5 Å². The topological polar surface area (TPSA) is 35.2 Å². The first-order valence-electron chi connectivity index (χ1n) is 4.65. The molecular weight excluding hydrogens is 170 g/mol. The molecule has 0 aromatic heterocycles. The van der Waals surface area contributed by atoms with Gasteiger partial charge in [0.25, 0.3) is 0 Å². The summed E-state index contributed by atoms with van der Waals surface area (Å²) >= 11 is 1.96. The SMILES string of the molecule is CC(C)CSC1COCCC1N. The Morgan fingerprint density at radius 1 is 1.58 bits per heavy atom. The van der Waals surface area contributed by atoms with E-state index in [9.17, 15) is 0 Å². The highest BCUT2D eigenvalue weighted by molar-refractivity contribution is 8.00. The standard InChI is InChI=1S/C9H19NOS/c1-7(2)6-12-9-5-11-4-3-8(9)10/h7-9H,3-6,10H2,1-2H3. The Kier molecular flexibility index (Phi) is 4.40. The highest BCUT2D eigenvalue weighted by Crippen LogP contribution is 2.21. The van der Waals surface area contributed by atoms with E-state index in [1.165, 1.54) is 5.75 Å². The van der Waals surface area contributed by atoms with Crippen LogP contribution in [-0.4, -0.2) is 30.3 Å². The maximum Gasteiger partial charge on any atom is 0.0600 e. The van der Waals surface area contributed by atoms with Crippen LogP contribution in [0.5, 0.6) is 0 Å². The van der Waals surface area contributed by atoms with Gasteiger partial charge in [-0.2, -0.15) is 11.8 Å². The van der Waals surface area contributed by atoms with Gasteiger partial charge in [-0.25, -0.2) is 0 Å². The highest BCUT2D eigenvalue weighted by Gasteiger charge is 2.22. The molecule has 1 saturated heterocycles. The van der Waals surface area contributed by atoms with Gasteiger partial charge >= 0.3 is 0 Å². The zero-order chi connectivity index (χ0) is 8.97. The lowest BCUT2D eigenvalue weighted by Crippen LogP contribution is -2.41. The molecule has 3 heteroatoms. The van der Waals surface area contributed by atoms with Gasteiger partial charge in [0.15, 0.2) is 0 Å². The molecule has 0 saturated carbocycles. The van der Waals surface area contributed by atoms with E-state index in [1.807, 2.05) is 11.8 Å². The highest BCUT2D eigenvalue weighted by atomic mass is 32.2. The van der Waals surface area contributed by atoms with Gasteiger partial charge in [-0.3, -0.25) is 0 Å². The molecule has 72 valence electrons. The van der Waals surface area contributed by atoms with E-state index in [-0.39, 0.29) is 0 Å². The van der Waals surface area contributed by atoms with Gasteiger partial charge in [0, 0.05) is 17.9 Å². The first-order chi connectivity index (χ1) is 5.70. The summed E-state index contributed by atoms with van der Waals surface area (Å²) in [6.07, 6.45) is 1.02. The minimum Gasteiger partial charge on any atom is -0.380 e. The van der Waals surface area contributed by atoms with Crippen molar-refractivity contribution >= 4 is 11.8 Å². The van der Waals surface area contributed by atoms with Gasteiger partial charge in [0.1, 0.15) is 0 Å². The minimum atomic E-state index is 0.350. The normalized spacial score (nSPS) is 31.0. The van der Waals surface area contributed by atoms with Crippen LogP contribution < -0.4 is 5.73 Å². The van der Waals surface area contributed by atoms with E-state index < -0.39 is 0 Å². The predicted octanol–water partition coefficient (Wildman–Crippen LogP) is 1.49. The second kappa shape index (κ2) is 5.10. The molecule has 1 fully saturated rings. The van der Waals surface area contributed by atoms with Crippen LogP contribution in [0.2, 0.25) is 0 Å². The second-order valence-electron chi connectivity index (χ2n) is 3.79. The van der Waals surface area contributed by atoms with Crippen molar-refractivity contribution in [3.63, 3.8) is 0 Å². The molecule has 1 aliphatic rings. The van der Waals surface area contributed by atoms with E-state index in [0.29, 0.717) is 11.3 Å². The van der Waals surface area contributed by atoms with Crippen LogP contribution in [0.3, 0.4) is 0 Å². The van der Waals surface area contributed by atoms with Gasteiger partial charge in [0.2, 0.25) is 0 Å². The fourth-order valence-corrected chi connectivity index (χ4v) is 2.42. The fourth-order valence-electron chi connectivity index (χ4n) is 1.22. The summed E-state index contributed by atoms with van der Waals surface area (Å²) in [7, 11) is 0. The van der Waals surface area contributed by atoms with Crippen molar-refractivity contribution in [3.05, 3.63) is 0 Å². The molecule has 0 aliphatic carbocycles. The third kappa shape index (κ3) is 3.33. The summed E-state index contributed by atoms with van der Waals surface area (Å²) in [5, 5.41) is 0.529. The van der Waals surface area contributed by atoms with Gasteiger partial charge in [-0.15, -0.1) is 0 Å². The second-order valence-corrected chi connectivity index (χ2v) is 5.07. The molecule has 2 N–H and O–H groups in total. The molecule has 2 unspecified atom stereocenters. The van der Waals surface area contributed by atoms with Crippen molar-refractivity contribution in [1.29, 1.82) is 0 Å². The Hall–Kier alpha value is 0.270. The van der Waals surface area contributed by atoms with E-state index in [2.05, 4.69) is 13.8 Å². The molecule has 0 amide bonds. The van der Waals surface area contributed by atoms with E-state index >= 15 is 0 Å². The van der Waals surface area contributed by atoms with Crippen LogP contribution in [0.25, 0.3) is 0 Å². The molecular formula is C9H19NOS. The van der Waals surface area contributed by atoms with Crippen molar-refractivity contribution in [1.82, 2.24) is 0 Å². The molecule has 12 heavy (non-hydrogen) atoms. The van der Waals surface area contributed by atoms with Crippen molar-refractivity contribution in [2.75, 3.05) is 19.0 Å². The van der Waals surface area contributed by atoms with Crippen molar-refractivity contribution < 1.29 is 4.74 Å². The summed E-state index contributed by atoms with van der Waals surface area (Å²) < 4.78 is 5.38. The lowest BCUT2D eigenvalue weighted by Gasteiger charge is -2.28. The van der Waals surface area contributed by atoms with E-state index in [4.69, 9.17) is 10.5 Å². The van der Waals surface area contributed by atoms with Gasteiger partial charge in [-0.1, -0.05) is 13.8 Å². The Bertz CT molecular complexity index is 130. The van der Waals surface area contributed by atoms with Gasteiger partial charge in [-0.05, 0) is 18.1 Å². The number of thioether (sulfide) groups is 1. The van der Waals surface area contributed by atoms with Crippen LogP contribution in [0.4, 0.5) is 0 Å². The van der Waals surface area contributed by atoms with Crippen LogP contribution in [0, 0.1) is 5.92 Å². The molecule has 0 spiro atoms. The molecule has 0 radical (unpaired) electrons. The predicted molar refractivity (Wildman–Crippen MR) is 54.5 cm³/mol. The average molecular weight is 189 g/mol. The summed E-state index contributed by atoms with van der Waals surface area (Å²) in [6.45, 7) is 6.17. The molecule has 2 nitrogen and oxygen atoms in total. The molecule has 0 bridgehead atoms. The monoisotopic (exact) mass is 189 g/mol. The largest absolute Gasteiger partial charge is 0.380 e. The third-order valence-electron chi connectivity index (χ3n) is 2.00. The van der Waals surface area contributed by atoms with E-state index in [1.54, 1.807) is 0 Å². The lowest BCUT2D eigenvalue weighted by molar-refractivity contribution is 0.0915. The number of nitrogens with two attached hydrogens (primary N) is 1. The summed E-state index contributed by atoms with van der Waals surface area (Å²) in [6, 6.07) is 0.350. The lowest BCUT2D eigenvalue weighted by atomic mass is 10.1. The Morgan fingerprint density at radius 2 is 2.33 bits per heavy atom. The van der Waals surface area contributed by atoms with Crippen molar-refractivity contribution in [2.45, 2.75) is 31.6 Å². The van der Waals surface area contributed by atoms with Crippen LogP contribution in [-0.2, 0) is 4.74 Å².